The van der Waals surface area contributed by atoms with Crippen molar-refractivity contribution in [3.05, 3.63) is 36.2 Å². The maximum absolute atomic E-state index is 12.3. The molecule has 8 heteroatoms. The molecule has 21 heavy (non-hydrogen) atoms. The fraction of sp³-hybridized carbons (Fsp3) is 0.154. The molecule has 6 nitrogen and oxygen atoms in total. The highest BCUT2D eigenvalue weighted by Crippen LogP contribution is 2.31. The summed E-state index contributed by atoms with van der Waals surface area (Å²) in [7, 11) is 1.33. The summed E-state index contributed by atoms with van der Waals surface area (Å²) >= 11 is 0. The average molecular weight is 297 g/mol. The molecular weight excluding hydrogens is 284 g/mol. The predicted molar refractivity (Wildman–Crippen MR) is 72.8 cm³/mol. The van der Waals surface area contributed by atoms with E-state index >= 15 is 0 Å². The first kappa shape index (κ1) is 14.6. The zero-order valence-corrected chi connectivity index (χ0v) is 11.0. The normalized spacial score (nSPS) is 10.5. The molecule has 0 aliphatic rings. The Labute approximate surface area is 118 Å². The third-order valence-electron chi connectivity index (χ3n) is 2.59. The van der Waals surface area contributed by atoms with Gasteiger partial charge in [-0.15, -0.1) is 0 Å². The molecule has 2 aromatic rings. The van der Waals surface area contributed by atoms with Gasteiger partial charge in [0.05, 0.1) is 7.11 Å². The molecule has 0 atom stereocenters. The van der Waals surface area contributed by atoms with Crippen LogP contribution in [0.2, 0.25) is 0 Å². The number of nitrogen functional groups attached to an aromatic ring is 1. The van der Waals surface area contributed by atoms with Crippen molar-refractivity contribution < 1.29 is 23.0 Å². The number of H-pyrrole nitrogens is 1. The third-order valence-corrected chi connectivity index (χ3v) is 2.59. The van der Waals surface area contributed by atoms with E-state index in [1.54, 1.807) is 0 Å². The van der Waals surface area contributed by atoms with Gasteiger partial charge < -0.3 is 25.5 Å². The third kappa shape index (κ3) is 3.62. The Morgan fingerprint density at radius 1 is 1.33 bits per heavy atom. The van der Waals surface area contributed by atoms with E-state index in [1.165, 1.54) is 37.6 Å². The Balaban J connectivity index is 2.18. The van der Waals surface area contributed by atoms with Crippen LogP contribution >= 0.6 is 0 Å². The second-order valence-electron chi connectivity index (χ2n) is 4.04. The molecule has 0 saturated carbocycles. The molecular formula is C13H13F2N3O3. The van der Waals surface area contributed by atoms with Gasteiger partial charge in [0, 0.05) is 23.6 Å². The Hall–Kier alpha value is -2.77. The second-order valence-corrected chi connectivity index (χ2v) is 4.04. The van der Waals surface area contributed by atoms with E-state index < -0.39 is 12.5 Å². The highest BCUT2D eigenvalue weighted by molar-refractivity contribution is 6.03. The monoisotopic (exact) mass is 297 g/mol. The van der Waals surface area contributed by atoms with Crippen LogP contribution in [-0.4, -0.2) is 24.6 Å². The number of methoxy groups -OCH3 is 1. The van der Waals surface area contributed by atoms with Crippen LogP contribution in [0, 0.1) is 0 Å². The van der Waals surface area contributed by atoms with Gasteiger partial charge in [0.1, 0.15) is 5.69 Å². The number of aromatic amines is 1. The number of ether oxygens (including phenoxy) is 2. The number of hydrogen-bond acceptors (Lipinski definition) is 4. The first-order valence-electron chi connectivity index (χ1n) is 5.87. The fourth-order valence-electron chi connectivity index (χ4n) is 1.68. The van der Waals surface area contributed by atoms with Crippen molar-refractivity contribution >= 4 is 17.3 Å². The standard InChI is InChI=1S/C13H13F2N3O3/c1-20-10-3-2-8(5-11(10)21-13(14)15)18-12(19)9-4-7(16)6-17-9/h2-6,13,17H,16H2,1H3,(H,18,19). The number of anilines is 2. The molecule has 1 aromatic heterocycles. The maximum Gasteiger partial charge on any atom is 0.387 e. The second kappa shape index (κ2) is 6.12. The van der Waals surface area contributed by atoms with Gasteiger partial charge in [0.25, 0.3) is 5.91 Å². The number of alkyl halides is 2. The number of aromatic nitrogens is 1. The van der Waals surface area contributed by atoms with Crippen molar-refractivity contribution in [3.63, 3.8) is 0 Å². The van der Waals surface area contributed by atoms with Crippen molar-refractivity contribution in [1.29, 1.82) is 0 Å². The Morgan fingerprint density at radius 3 is 2.67 bits per heavy atom. The molecule has 112 valence electrons. The van der Waals surface area contributed by atoms with Crippen LogP contribution in [0.5, 0.6) is 11.5 Å². The van der Waals surface area contributed by atoms with Gasteiger partial charge in [-0.2, -0.15) is 8.78 Å². The first-order valence-corrected chi connectivity index (χ1v) is 5.87. The first-order chi connectivity index (χ1) is 9.99. The van der Waals surface area contributed by atoms with E-state index in [4.69, 9.17) is 10.5 Å². The summed E-state index contributed by atoms with van der Waals surface area (Å²) in [6.07, 6.45) is 1.47. The molecule has 4 N–H and O–H groups in total. The molecule has 0 bridgehead atoms. The number of amides is 1. The van der Waals surface area contributed by atoms with E-state index in [2.05, 4.69) is 15.0 Å². The molecule has 0 spiro atoms. The lowest BCUT2D eigenvalue weighted by atomic mass is 10.2. The number of hydrogen-bond donors (Lipinski definition) is 3. The molecule has 1 amide bonds. The van der Waals surface area contributed by atoms with E-state index in [0.717, 1.165) is 0 Å². The number of nitrogens with two attached hydrogens (primary N) is 1. The molecule has 0 saturated heterocycles. The summed E-state index contributed by atoms with van der Waals surface area (Å²) in [4.78, 5) is 14.6. The Morgan fingerprint density at radius 2 is 2.10 bits per heavy atom. The number of halogens is 2. The van der Waals surface area contributed by atoms with Crippen molar-refractivity contribution in [2.75, 3.05) is 18.2 Å². The summed E-state index contributed by atoms with van der Waals surface area (Å²) in [6, 6.07) is 5.61. The van der Waals surface area contributed by atoms with E-state index in [-0.39, 0.29) is 22.9 Å². The van der Waals surface area contributed by atoms with Gasteiger partial charge in [-0.3, -0.25) is 4.79 Å². The van der Waals surface area contributed by atoms with Crippen molar-refractivity contribution in [2.45, 2.75) is 6.61 Å². The smallest absolute Gasteiger partial charge is 0.387 e. The van der Waals surface area contributed by atoms with E-state index in [1.807, 2.05) is 0 Å². The Kier molecular flexibility index (Phi) is 4.27. The lowest BCUT2D eigenvalue weighted by molar-refractivity contribution is -0.0511. The molecule has 0 radical (unpaired) electrons. The van der Waals surface area contributed by atoms with Crippen LogP contribution in [0.15, 0.2) is 30.5 Å². The summed E-state index contributed by atoms with van der Waals surface area (Å²) in [5.74, 6) is -0.492. The van der Waals surface area contributed by atoms with Gasteiger partial charge >= 0.3 is 6.61 Å². The van der Waals surface area contributed by atoms with Gasteiger partial charge in [0.15, 0.2) is 11.5 Å². The lowest BCUT2D eigenvalue weighted by Gasteiger charge is -2.12. The average Bonchev–Trinajstić information content (AvgIpc) is 2.85. The van der Waals surface area contributed by atoms with Crippen LogP contribution in [0.4, 0.5) is 20.2 Å². The van der Waals surface area contributed by atoms with Crippen molar-refractivity contribution in [3.8, 4) is 11.5 Å². The molecule has 2 rings (SSSR count). The quantitative estimate of drug-likeness (QED) is 0.791. The molecule has 1 heterocycles. The van der Waals surface area contributed by atoms with Crippen molar-refractivity contribution in [2.24, 2.45) is 0 Å². The van der Waals surface area contributed by atoms with Gasteiger partial charge in [-0.25, -0.2) is 0 Å². The van der Waals surface area contributed by atoms with Crippen LogP contribution in [0.1, 0.15) is 10.5 Å². The number of rotatable bonds is 5. The van der Waals surface area contributed by atoms with E-state index in [0.29, 0.717) is 5.69 Å². The largest absolute Gasteiger partial charge is 0.493 e. The number of benzene rings is 1. The number of carbonyl (C=O) groups is 1. The zero-order chi connectivity index (χ0) is 15.4. The minimum Gasteiger partial charge on any atom is -0.493 e. The minimum absolute atomic E-state index is 0.136. The lowest BCUT2D eigenvalue weighted by Crippen LogP contribution is -2.12. The number of carbonyl (C=O) groups excluding carboxylic acids is 1. The Bertz CT molecular complexity index is 643. The van der Waals surface area contributed by atoms with Gasteiger partial charge in [0.2, 0.25) is 0 Å². The SMILES string of the molecule is COc1ccc(NC(=O)c2cc(N)c[nH]2)cc1OC(F)F. The van der Waals surface area contributed by atoms with Crippen molar-refractivity contribution in [1.82, 2.24) is 4.98 Å². The fourth-order valence-corrected chi connectivity index (χ4v) is 1.68. The summed E-state index contributed by atoms with van der Waals surface area (Å²) < 4.78 is 33.9. The van der Waals surface area contributed by atoms with E-state index in [9.17, 15) is 13.6 Å². The molecule has 0 aliphatic heterocycles. The maximum atomic E-state index is 12.3. The van der Waals surface area contributed by atoms with Crippen LogP contribution in [0.25, 0.3) is 0 Å². The molecule has 0 unspecified atom stereocenters. The highest BCUT2D eigenvalue weighted by atomic mass is 19.3. The topological polar surface area (TPSA) is 89.4 Å². The van der Waals surface area contributed by atoms with Gasteiger partial charge in [-0.1, -0.05) is 0 Å². The minimum atomic E-state index is -2.99. The molecule has 1 aromatic carbocycles. The predicted octanol–water partition coefficient (Wildman–Crippen LogP) is 2.46. The van der Waals surface area contributed by atoms with Crippen LogP contribution in [0.3, 0.4) is 0 Å². The number of nitrogens with one attached hydrogen (secondary N) is 2. The van der Waals surface area contributed by atoms with Gasteiger partial charge in [-0.05, 0) is 18.2 Å². The summed E-state index contributed by atoms with van der Waals surface area (Å²) in [5, 5.41) is 2.53. The van der Waals surface area contributed by atoms with Crippen LogP contribution < -0.4 is 20.5 Å². The summed E-state index contributed by atoms with van der Waals surface area (Å²) in [5.41, 5.74) is 6.44. The van der Waals surface area contributed by atoms with Crippen LogP contribution in [-0.2, 0) is 0 Å². The molecule has 0 aliphatic carbocycles. The molecule has 0 fully saturated rings. The highest BCUT2D eigenvalue weighted by Gasteiger charge is 2.13. The summed E-state index contributed by atoms with van der Waals surface area (Å²) in [6.45, 7) is -2.99. The zero-order valence-electron chi connectivity index (χ0n) is 11.0.